The van der Waals surface area contributed by atoms with E-state index in [4.69, 9.17) is 14.3 Å². The standard InChI is InChI=1S/C11H13BrNO3P/c1-3-15-17(14,16-4-2)11-6-5-10(12)7-9(11)8-13/h5-7H,3-4H2,1-2H3. The summed E-state index contributed by atoms with van der Waals surface area (Å²) in [6.45, 7) is 3.99. The second-order valence-electron chi connectivity index (χ2n) is 3.11. The fraction of sp³-hybridized carbons (Fsp3) is 0.364. The van der Waals surface area contributed by atoms with Crippen molar-refractivity contribution in [1.29, 1.82) is 5.26 Å². The quantitative estimate of drug-likeness (QED) is 0.782. The maximum Gasteiger partial charge on any atom is 0.362 e. The Balaban J connectivity index is 3.29. The maximum atomic E-state index is 12.5. The first-order valence-electron chi connectivity index (χ1n) is 5.16. The minimum atomic E-state index is -3.39. The lowest BCUT2D eigenvalue weighted by molar-refractivity contribution is 0.230. The first-order chi connectivity index (χ1) is 8.07. The van der Waals surface area contributed by atoms with E-state index < -0.39 is 7.60 Å². The van der Waals surface area contributed by atoms with Crippen molar-refractivity contribution in [3.8, 4) is 6.07 Å². The van der Waals surface area contributed by atoms with Crippen LogP contribution in [0, 0.1) is 11.3 Å². The van der Waals surface area contributed by atoms with E-state index in [0.717, 1.165) is 4.47 Å². The van der Waals surface area contributed by atoms with Gasteiger partial charge in [0.2, 0.25) is 0 Å². The Morgan fingerprint density at radius 1 is 1.35 bits per heavy atom. The Labute approximate surface area is 109 Å². The van der Waals surface area contributed by atoms with E-state index in [2.05, 4.69) is 15.9 Å². The largest absolute Gasteiger partial charge is 0.362 e. The second kappa shape index (κ2) is 6.32. The third kappa shape index (κ3) is 3.40. The summed E-state index contributed by atoms with van der Waals surface area (Å²) in [6, 6.07) is 6.90. The van der Waals surface area contributed by atoms with Gasteiger partial charge in [-0.2, -0.15) is 5.26 Å². The Morgan fingerprint density at radius 3 is 2.41 bits per heavy atom. The Hall–Kier alpha value is -0.660. The van der Waals surface area contributed by atoms with Crippen LogP contribution in [-0.4, -0.2) is 13.2 Å². The van der Waals surface area contributed by atoms with Crippen molar-refractivity contribution in [3.05, 3.63) is 28.2 Å². The molecule has 0 bridgehead atoms. The number of rotatable bonds is 5. The molecule has 0 radical (unpaired) electrons. The van der Waals surface area contributed by atoms with Crippen LogP contribution >= 0.6 is 23.5 Å². The van der Waals surface area contributed by atoms with Crippen LogP contribution in [0.2, 0.25) is 0 Å². The van der Waals surface area contributed by atoms with E-state index in [1.54, 1.807) is 32.0 Å². The van der Waals surface area contributed by atoms with Gasteiger partial charge in [-0.05, 0) is 32.0 Å². The zero-order valence-electron chi connectivity index (χ0n) is 9.64. The molecule has 0 atom stereocenters. The average molecular weight is 318 g/mol. The molecular weight excluding hydrogens is 305 g/mol. The summed E-state index contributed by atoms with van der Waals surface area (Å²) in [4.78, 5) is 0. The molecule has 6 heteroatoms. The van der Waals surface area contributed by atoms with Gasteiger partial charge in [0.25, 0.3) is 0 Å². The van der Waals surface area contributed by atoms with Gasteiger partial charge < -0.3 is 9.05 Å². The minimum Gasteiger partial charge on any atom is -0.305 e. The molecule has 0 aromatic heterocycles. The smallest absolute Gasteiger partial charge is 0.305 e. The topological polar surface area (TPSA) is 59.3 Å². The van der Waals surface area contributed by atoms with Crippen LogP contribution in [0.25, 0.3) is 0 Å². The number of hydrogen-bond donors (Lipinski definition) is 0. The van der Waals surface area contributed by atoms with Crippen LogP contribution in [-0.2, 0) is 13.6 Å². The van der Waals surface area contributed by atoms with Crippen LogP contribution in [0.4, 0.5) is 0 Å². The molecule has 0 saturated heterocycles. The monoisotopic (exact) mass is 317 g/mol. The van der Waals surface area contributed by atoms with E-state index in [1.807, 2.05) is 6.07 Å². The molecule has 4 nitrogen and oxygen atoms in total. The molecule has 1 aromatic carbocycles. The van der Waals surface area contributed by atoms with E-state index in [0.29, 0.717) is 10.9 Å². The lowest BCUT2D eigenvalue weighted by atomic mass is 10.2. The first-order valence-corrected chi connectivity index (χ1v) is 7.50. The Bertz CT molecular complexity index is 474. The van der Waals surface area contributed by atoms with Crippen LogP contribution in [0.3, 0.4) is 0 Å². The summed E-state index contributed by atoms with van der Waals surface area (Å²) in [5.74, 6) is 0. The van der Waals surface area contributed by atoms with Gasteiger partial charge in [-0.3, -0.25) is 4.57 Å². The van der Waals surface area contributed by atoms with Gasteiger partial charge in [0, 0.05) is 4.47 Å². The van der Waals surface area contributed by atoms with Gasteiger partial charge in [-0.15, -0.1) is 0 Å². The van der Waals surface area contributed by atoms with E-state index >= 15 is 0 Å². The van der Waals surface area contributed by atoms with E-state index in [1.165, 1.54) is 0 Å². The lowest BCUT2D eigenvalue weighted by Gasteiger charge is -2.18. The van der Waals surface area contributed by atoms with E-state index in [-0.39, 0.29) is 13.2 Å². The third-order valence-electron chi connectivity index (χ3n) is 1.97. The Kier molecular flexibility index (Phi) is 5.35. The summed E-state index contributed by atoms with van der Waals surface area (Å²) in [5, 5.41) is 9.35. The molecule has 0 unspecified atom stereocenters. The maximum absolute atomic E-state index is 12.5. The van der Waals surface area contributed by atoms with Crippen molar-refractivity contribution < 1.29 is 13.6 Å². The number of nitriles is 1. The number of benzene rings is 1. The zero-order valence-corrected chi connectivity index (χ0v) is 12.1. The molecule has 1 rings (SSSR count). The molecule has 0 spiro atoms. The molecule has 0 amide bonds. The van der Waals surface area contributed by atoms with Crippen molar-refractivity contribution in [2.24, 2.45) is 0 Å². The van der Waals surface area contributed by atoms with Crippen molar-refractivity contribution in [1.82, 2.24) is 0 Å². The van der Waals surface area contributed by atoms with E-state index in [9.17, 15) is 4.57 Å². The highest BCUT2D eigenvalue weighted by Crippen LogP contribution is 2.47. The summed E-state index contributed by atoms with van der Waals surface area (Å²) in [6.07, 6.45) is 0. The predicted octanol–water partition coefficient (Wildman–Crippen LogP) is 3.21. The normalized spacial score (nSPS) is 11.2. The summed E-state index contributed by atoms with van der Waals surface area (Å²) in [7, 11) is -3.39. The molecule has 17 heavy (non-hydrogen) atoms. The SMILES string of the molecule is CCOP(=O)(OCC)c1ccc(Br)cc1C#N. The lowest BCUT2D eigenvalue weighted by Crippen LogP contribution is -2.14. The van der Waals surface area contributed by atoms with Crippen molar-refractivity contribution >= 4 is 28.8 Å². The number of nitrogens with zero attached hydrogens (tertiary/aromatic N) is 1. The first kappa shape index (κ1) is 14.4. The molecule has 0 saturated carbocycles. The molecule has 92 valence electrons. The molecule has 0 aliphatic rings. The van der Waals surface area contributed by atoms with Crippen molar-refractivity contribution in [2.45, 2.75) is 13.8 Å². The molecule has 0 aliphatic heterocycles. The van der Waals surface area contributed by atoms with Gasteiger partial charge in [-0.1, -0.05) is 15.9 Å². The Morgan fingerprint density at radius 2 is 1.94 bits per heavy atom. The van der Waals surface area contributed by atoms with Gasteiger partial charge in [0.1, 0.15) is 6.07 Å². The average Bonchev–Trinajstić information content (AvgIpc) is 2.29. The minimum absolute atomic E-state index is 0.262. The molecule has 0 aliphatic carbocycles. The fourth-order valence-electron chi connectivity index (χ4n) is 1.35. The molecular formula is C11H13BrNO3P. The number of halogens is 1. The molecule has 0 N–H and O–H groups in total. The van der Waals surface area contributed by atoms with Gasteiger partial charge >= 0.3 is 7.60 Å². The van der Waals surface area contributed by atoms with Crippen molar-refractivity contribution in [3.63, 3.8) is 0 Å². The highest BCUT2D eigenvalue weighted by atomic mass is 79.9. The molecule has 0 heterocycles. The summed E-state index contributed by atoms with van der Waals surface area (Å²) < 4.78 is 23.7. The summed E-state index contributed by atoms with van der Waals surface area (Å²) in [5.41, 5.74) is 0.296. The van der Waals surface area contributed by atoms with Gasteiger partial charge in [-0.25, -0.2) is 0 Å². The van der Waals surface area contributed by atoms with Crippen LogP contribution in [0.15, 0.2) is 22.7 Å². The highest BCUT2D eigenvalue weighted by molar-refractivity contribution is 9.10. The molecule has 1 aromatic rings. The van der Waals surface area contributed by atoms with Gasteiger partial charge in [0.15, 0.2) is 0 Å². The van der Waals surface area contributed by atoms with Crippen molar-refractivity contribution in [2.75, 3.05) is 13.2 Å². The molecule has 0 fully saturated rings. The van der Waals surface area contributed by atoms with Crippen LogP contribution in [0.1, 0.15) is 19.4 Å². The predicted molar refractivity (Wildman–Crippen MR) is 69.3 cm³/mol. The third-order valence-corrected chi connectivity index (χ3v) is 4.64. The number of hydrogen-bond acceptors (Lipinski definition) is 4. The fourth-order valence-corrected chi connectivity index (χ4v) is 3.41. The zero-order chi connectivity index (χ0) is 12.9. The van der Waals surface area contributed by atoms with Crippen LogP contribution in [0.5, 0.6) is 0 Å². The highest BCUT2D eigenvalue weighted by Gasteiger charge is 2.29. The van der Waals surface area contributed by atoms with Crippen LogP contribution < -0.4 is 5.30 Å². The van der Waals surface area contributed by atoms with Gasteiger partial charge in [0.05, 0.1) is 24.1 Å². The second-order valence-corrected chi connectivity index (χ2v) is 6.02. The summed E-state index contributed by atoms with van der Waals surface area (Å²) >= 11 is 3.26.